The van der Waals surface area contributed by atoms with Crippen LogP contribution >= 0.6 is 0 Å². The lowest BCUT2D eigenvalue weighted by atomic mass is 9.90. The van der Waals surface area contributed by atoms with Crippen LogP contribution in [0.2, 0.25) is 0 Å². The monoisotopic (exact) mass is 367 g/mol. The van der Waals surface area contributed by atoms with Gasteiger partial charge in [0.1, 0.15) is 17.7 Å². The quantitative estimate of drug-likeness (QED) is 0.843. The second kappa shape index (κ2) is 7.27. The smallest absolute Gasteiger partial charge is 0.414 e. The predicted molar refractivity (Wildman–Crippen MR) is 87.6 cm³/mol. The van der Waals surface area contributed by atoms with Gasteiger partial charge < -0.3 is 15.4 Å². The first-order chi connectivity index (χ1) is 12.3. The highest BCUT2D eigenvalue weighted by molar-refractivity contribution is 5.90. The molecule has 140 valence electrons. The van der Waals surface area contributed by atoms with Gasteiger partial charge in [-0.15, -0.1) is 0 Å². The summed E-state index contributed by atoms with van der Waals surface area (Å²) < 4.78 is 34.2. The van der Waals surface area contributed by atoms with Crippen molar-refractivity contribution in [3.8, 4) is 0 Å². The van der Waals surface area contributed by atoms with Crippen molar-refractivity contribution < 1.29 is 27.9 Å². The molecule has 0 radical (unpaired) electrons. The van der Waals surface area contributed by atoms with Gasteiger partial charge in [0.2, 0.25) is 11.8 Å². The highest BCUT2D eigenvalue weighted by Gasteiger charge is 2.34. The van der Waals surface area contributed by atoms with Crippen LogP contribution in [0.15, 0.2) is 12.1 Å². The van der Waals surface area contributed by atoms with Crippen LogP contribution in [0.1, 0.15) is 31.2 Å². The molecule has 3 rings (SSSR count). The largest absolute Gasteiger partial charge is 0.442 e. The molecular weight excluding hydrogens is 348 g/mol. The van der Waals surface area contributed by atoms with E-state index in [9.17, 15) is 23.2 Å². The summed E-state index contributed by atoms with van der Waals surface area (Å²) in [6, 6.07) is 2.19. The second-order valence-electron chi connectivity index (χ2n) is 6.42. The minimum absolute atomic E-state index is 0.0546. The Morgan fingerprint density at radius 3 is 2.62 bits per heavy atom. The lowest BCUT2D eigenvalue weighted by Crippen LogP contribution is -2.34. The first-order valence-electron chi connectivity index (χ1n) is 8.33. The molecule has 9 heteroatoms. The van der Waals surface area contributed by atoms with Gasteiger partial charge in [-0.2, -0.15) is 0 Å². The van der Waals surface area contributed by atoms with Crippen molar-refractivity contribution in [2.75, 3.05) is 24.5 Å². The molecule has 0 bridgehead atoms. The standard InChI is InChI=1S/C17H19F2N3O4/c1-9(23)20-7-12-8-22(17(25)26-12)11-4-13(18)16(14(19)5-11)10-2-3-15(24)21-6-10/h4-5,10,12H,2-3,6-8H2,1H3,(H,20,23)(H,21,24). The Bertz CT molecular complexity index is 723. The molecule has 2 N–H and O–H groups in total. The Hall–Kier alpha value is -2.71. The first kappa shape index (κ1) is 18.1. The maximum absolute atomic E-state index is 14.5. The number of nitrogens with zero attached hydrogens (tertiary/aromatic N) is 1. The van der Waals surface area contributed by atoms with E-state index in [1.807, 2.05) is 0 Å². The lowest BCUT2D eigenvalue weighted by molar-refractivity contribution is -0.122. The van der Waals surface area contributed by atoms with E-state index >= 15 is 0 Å². The molecule has 2 aliphatic heterocycles. The second-order valence-corrected chi connectivity index (χ2v) is 6.42. The van der Waals surface area contributed by atoms with E-state index in [0.29, 0.717) is 6.42 Å². The highest BCUT2D eigenvalue weighted by atomic mass is 19.1. The third kappa shape index (κ3) is 3.76. The van der Waals surface area contributed by atoms with Crippen LogP contribution in [-0.4, -0.2) is 43.6 Å². The summed E-state index contributed by atoms with van der Waals surface area (Å²) in [7, 11) is 0. The number of carbonyl (C=O) groups is 3. The molecule has 0 saturated carbocycles. The average Bonchev–Trinajstić information content (AvgIpc) is 2.95. The summed E-state index contributed by atoms with van der Waals surface area (Å²) in [5.41, 5.74) is -0.0324. The molecule has 0 spiro atoms. The van der Waals surface area contributed by atoms with Crippen LogP contribution in [0.4, 0.5) is 19.3 Å². The van der Waals surface area contributed by atoms with Crippen molar-refractivity contribution in [2.24, 2.45) is 0 Å². The molecule has 2 fully saturated rings. The van der Waals surface area contributed by atoms with Gasteiger partial charge in [0.15, 0.2) is 0 Å². The average molecular weight is 367 g/mol. The fourth-order valence-corrected chi connectivity index (χ4v) is 3.19. The van der Waals surface area contributed by atoms with Crippen molar-refractivity contribution in [3.63, 3.8) is 0 Å². The first-order valence-corrected chi connectivity index (χ1v) is 8.33. The lowest BCUT2D eigenvalue weighted by Gasteiger charge is -2.24. The van der Waals surface area contributed by atoms with Crippen LogP contribution in [0.25, 0.3) is 0 Å². The number of hydrogen-bond donors (Lipinski definition) is 2. The van der Waals surface area contributed by atoms with Gasteiger partial charge in [-0.05, 0) is 18.6 Å². The number of ether oxygens (including phenoxy) is 1. The van der Waals surface area contributed by atoms with E-state index < -0.39 is 29.7 Å². The molecular formula is C17H19F2N3O4. The number of carbonyl (C=O) groups excluding carboxylic acids is 3. The zero-order valence-corrected chi connectivity index (χ0v) is 14.2. The van der Waals surface area contributed by atoms with Crippen LogP contribution in [0.3, 0.4) is 0 Å². The zero-order valence-electron chi connectivity index (χ0n) is 14.2. The van der Waals surface area contributed by atoms with Crippen molar-refractivity contribution in [2.45, 2.75) is 31.8 Å². The Balaban J connectivity index is 1.76. The van der Waals surface area contributed by atoms with E-state index in [1.54, 1.807) is 0 Å². The van der Waals surface area contributed by atoms with Crippen LogP contribution < -0.4 is 15.5 Å². The number of rotatable bonds is 4. The number of amides is 3. The van der Waals surface area contributed by atoms with E-state index in [0.717, 1.165) is 17.0 Å². The minimum atomic E-state index is -0.765. The maximum Gasteiger partial charge on any atom is 0.414 e. The molecule has 7 nitrogen and oxygen atoms in total. The van der Waals surface area contributed by atoms with Crippen LogP contribution in [0, 0.1) is 11.6 Å². The van der Waals surface area contributed by atoms with Crippen molar-refractivity contribution >= 4 is 23.6 Å². The van der Waals surface area contributed by atoms with Gasteiger partial charge in [-0.25, -0.2) is 13.6 Å². The molecule has 2 aliphatic rings. The van der Waals surface area contributed by atoms with Crippen LogP contribution in [-0.2, 0) is 14.3 Å². The Morgan fingerprint density at radius 2 is 2.04 bits per heavy atom. The summed E-state index contributed by atoms with van der Waals surface area (Å²) in [6.45, 7) is 1.72. The third-order valence-electron chi connectivity index (χ3n) is 4.50. The van der Waals surface area contributed by atoms with E-state index in [1.165, 1.54) is 6.92 Å². The summed E-state index contributed by atoms with van der Waals surface area (Å²) in [5, 5.41) is 5.13. The van der Waals surface area contributed by atoms with Gasteiger partial charge in [0.05, 0.1) is 18.8 Å². The fraction of sp³-hybridized carbons (Fsp3) is 0.471. The topological polar surface area (TPSA) is 87.7 Å². The van der Waals surface area contributed by atoms with E-state index in [4.69, 9.17) is 4.74 Å². The fourth-order valence-electron chi connectivity index (χ4n) is 3.19. The Kier molecular flexibility index (Phi) is 5.06. The molecule has 0 aromatic heterocycles. The molecule has 1 aromatic rings. The molecule has 1 aromatic carbocycles. The zero-order chi connectivity index (χ0) is 18.8. The number of anilines is 1. The van der Waals surface area contributed by atoms with Gasteiger partial charge >= 0.3 is 6.09 Å². The summed E-state index contributed by atoms with van der Waals surface area (Å²) in [5.74, 6) is -2.37. The molecule has 3 amide bonds. The van der Waals surface area contributed by atoms with Crippen molar-refractivity contribution in [3.05, 3.63) is 29.3 Å². The van der Waals surface area contributed by atoms with E-state index in [2.05, 4.69) is 10.6 Å². The molecule has 0 aliphatic carbocycles. The normalized spacial score (nSPS) is 22.8. The van der Waals surface area contributed by atoms with Gasteiger partial charge in [0, 0.05) is 31.4 Å². The summed E-state index contributed by atoms with van der Waals surface area (Å²) >= 11 is 0. The number of cyclic esters (lactones) is 1. The minimum Gasteiger partial charge on any atom is -0.442 e. The molecule has 2 atom stereocenters. The maximum atomic E-state index is 14.5. The third-order valence-corrected chi connectivity index (χ3v) is 4.50. The van der Waals surface area contributed by atoms with Gasteiger partial charge in [-0.3, -0.25) is 14.5 Å². The van der Waals surface area contributed by atoms with Crippen LogP contribution in [0.5, 0.6) is 0 Å². The number of benzene rings is 1. The SMILES string of the molecule is CC(=O)NCC1CN(c2cc(F)c(C3CCC(=O)NC3)c(F)c2)C(=O)O1. The van der Waals surface area contributed by atoms with Crippen molar-refractivity contribution in [1.82, 2.24) is 10.6 Å². The summed E-state index contributed by atoms with van der Waals surface area (Å²) in [6.07, 6.45) is -0.736. The molecule has 26 heavy (non-hydrogen) atoms. The van der Waals surface area contributed by atoms with Gasteiger partial charge in [-0.1, -0.05) is 0 Å². The predicted octanol–water partition coefficient (Wildman–Crippen LogP) is 1.42. The Labute approximate surface area is 148 Å². The summed E-state index contributed by atoms with van der Waals surface area (Å²) in [4.78, 5) is 35.3. The number of halogens is 2. The number of hydrogen-bond acceptors (Lipinski definition) is 4. The van der Waals surface area contributed by atoms with Crippen molar-refractivity contribution in [1.29, 1.82) is 0 Å². The highest BCUT2D eigenvalue weighted by Crippen LogP contribution is 2.32. The molecule has 2 heterocycles. The molecule has 2 unspecified atom stereocenters. The van der Waals surface area contributed by atoms with Gasteiger partial charge in [0.25, 0.3) is 0 Å². The Morgan fingerprint density at radius 1 is 1.35 bits per heavy atom. The molecule has 2 saturated heterocycles. The van der Waals surface area contributed by atoms with E-state index in [-0.39, 0.29) is 49.1 Å². The number of nitrogens with one attached hydrogen (secondary N) is 2. The number of piperidine rings is 1.